The lowest BCUT2D eigenvalue weighted by atomic mass is 9.62. The fourth-order valence-corrected chi connectivity index (χ4v) is 5.78. The molecule has 0 fully saturated rings. The molecule has 0 saturated heterocycles. The molecule has 168 valence electrons. The van der Waals surface area contributed by atoms with Crippen molar-refractivity contribution in [2.75, 3.05) is 0 Å². The molecule has 1 heterocycles. The highest BCUT2D eigenvalue weighted by Gasteiger charge is 2.38. The molecule has 0 bridgehead atoms. The Bertz CT molecular complexity index is 1310. The van der Waals surface area contributed by atoms with Crippen LogP contribution in [0.1, 0.15) is 73.1 Å². The highest BCUT2D eigenvalue weighted by molar-refractivity contribution is 5.89. The van der Waals surface area contributed by atoms with E-state index in [-0.39, 0.29) is 10.8 Å². The van der Waals surface area contributed by atoms with Crippen molar-refractivity contribution in [1.29, 1.82) is 0 Å². The third-order valence-corrected chi connectivity index (χ3v) is 7.86. The Hall–Kier alpha value is -3.25. The standard InChI is InChI=1S/C30H31NO2/c1-6-15-31-18-24(19-7-9-20(10-8-19)28(32)33)22-12-11-21-16-25-26(17-23(21)27(22)31)30(4,5)14-13-29(25,2)3/h1,7-10,16-18H,11-15H2,2-5H3,(H,32,33). The molecular formula is C30H31NO2. The molecule has 0 unspecified atom stereocenters. The smallest absolute Gasteiger partial charge is 0.335 e. The number of terminal acetylenes is 1. The minimum Gasteiger partial charge on any atom is -0.478 e. The van der Waals surface area contributed by atoms with E-state index in [0.717, 1.165) is 24.0 Å². The summed E-state index contributed by atoms with van der Waals surface area (Å²) < 4.78 is 2.21. The van der Waals surface area contributed by atoms with Crippen molar-refractivity contribution in [1.82, 2.24) is 4.57 Å². The summed E-state index contributed by atoms with van der Waals surface area (Å²) in [6.07, 6.45) is 12.3. The Kier molecular flexibility index (Phi) is 4.83. The SMILES string of the molecule is C#CCn1cc(-c2ccc(C(=O)O)cc2)c2c1-c1cc3c(cc1CC2)C(C)(C)CCC3(C)C. The first-order valence-corrected chi connectivity index (χ1v) is 11.8. The predicted octanol–water partition coefficient (Wildman–Crippen LogP) is 6.60. The Morgan fingerprint density at radius 2 is 1.64 bits per heavy atom. The number of carbonyl (C=O) groups is 1. The molecular weight excluding hydrogens is 406 g/mol. The third kappa shape index (κ3) is 3.40. The number of rotatable bonds is 3. The molecule has 1 aromatic heterocycles. The van der Waals surface area contributed by atoms with Gasteiger partial charge in [0.15, 0.2) is 0 Å². The van der Waals surface area contributed by atoms with Crippen LogP contribution in [0.15, 0.2) is 42.6 Å². The van der Waals surface area contributed by atoms with E-state index in [4.69, 9.17) is 6.42 Å². The van der Waals surface area contributed by atoms with E-state index in [0.29, 0.717) is 12.1 Å². The molecule has 5 rings (SSSR count). The first-order valence-electron chi connectivity index (χ1n) is 11.8. The van der Waals surface area contributed by atoms with Crippen LogP contribution in [0.5, 0.6) is 0 Å². The molecule has 2 aliphatic rings. The van der Waals surface area contributed by atoms with Gasteiger partial charge in [-0.05, 0) is 82.5 Å². The molecule has 0 spiro atoms. The number of hydrogen-bond donors (Lipinski definition) is 1. The topological polar surface area (TPSA) is 42.2 Å². The zero-order valence-electron chi connectivity index (χ0n) is 20.0. The quantitative estimate of drug-likeness (QED) is 0.469. The largest absolute Gasteiger partial charge is 0.478 e. The molecule has 0 saturated carbocycles. The summed E-state index contributed by atoms with van der Waals surface area (Å²) in [5.74, 6) is 1.93. The zero-order chi connectivity index (χ0) is 23.5. The lowest BCUT2D eigenvalue weighted by Crippen LogP contribution is -2.34. The first kappa shape index (κ1) is 21.6. The van der Waals surface area contributed by atoms with Gasteiger partial charge >= 0.3 is 5.97 Å². The molecule has 1 N–H and O–H groups in total. The molecule has 0 atom stereocenters. The van der Waals surface area contributed by atoms with Gasteiger partial charge in [0.1, 0.15) is 0 Å². The lowest BCUT2D eigenvalue weighted by molar-refractivity contribution is 0.0697. The lowest BCUT2D eigenvalue weighted by Gasteiger charge is -2.43. The van der Waals surface area contributed by atoms with E-state index >= 15 is 0 Å². The number of aromatic carboxylic acids is 1. The number of aromatic nitrogens is 1. The van der Waals surface area contributed by atoms with Crippen LogP contribution in [0.2, 0.25) is 0 Å². The molecule has 3 aromatic rings. The van der Waals surface area contributed by atoms with Crippen LogP contribution in [0.4, 0.5) is 0 Å². The Balaban J connectivity index is 1.71. The molecule has 2 aliphatic carbocycles. The Morgan fingerprint density at radius 1 is 1.00 bits per heavy atom. The summed E-state index contributed by atoms with van der Waals surface area (Å²) in [7, 11) is 0. The van der Waals surface area contributed by atoms with Crippen molar-refractivity contribution in [3.05, 3.63) is 70.4 Å². The van der Waals surface area contributed by atoms with E-state index in [2.05, 4.69) is 56.5 Å². The highest BCUT2D eigenvalue weighted by Crippen LogP contribution is 2.50. The van der Waals surface area contributed by atoms with E-state index in [1.807, 2.05) is 12.1 Å². The van der Waals surface area contributed by atoms with Crippen LogP contribution >= 0.6 is 0 Å². The molecule has 2 aromatic carbocycles. The van der Waals surface area contributed by atoms with Crippen LogP contribution in [0.3, 0.4) is 0 Å². The van der Waals surface area contributed by atoms with Gasteiger partial charge in [0.2, 0.25) is 0 Å². The third-order valence-electron chi connectivity index (χ3n) is 7.86. The minimum atomic E-state index is -0.905. The van der Waals surface area contributed by atoms with E-state index in [1.54, 1.807) is 12.1 Å². The Morgan fingerprint density at radius 3 is 2.24 bits per heavy atom. The summed E-state index contributed by atoms with van der Waals surface area (Å²) in [6, 6.07) is 12.1. The van der Waals surface area contributed by atoms with Crippen LogP contribution in [0, 0.1) is 12.3 Å². The van der Waals surface area contributed by atoms with Gasteiger partial charge in [0.25, 0.3) is 0 Å². The van der Waals surface area contributed by atoms with Crippen LogP contribution < -0.4 is 0 Å². The number of benzene rings is 2. The van der Waals surface area contributed by atoms with Gasteiger partial charge in [-0.3, -0.25) is 0 Å². The average Bonchev–Trinajstić information content (AvgIpc) is 3.15. The van der Waals surface area contributed by atoms with Gasteiger partial charge in [-0.2, -0.15) is 0 Å². The van der Waals surface area contributed by atoms with Crippen LogP contribution in [-0.4, -0.2) is 15.6 Å². The van der Waals surface area contributed by atoms with E-state index in [9.17, 15) is 9.90 Å². The predicted molar refractivity (Wildman–Crippen MR) is 134 cm³/mol. The zero-order valence-corrected chi connectivity index (χ0v) is 20.0. The van der Waals surface area contributed by atoms with Gasteiger partial charge < -0.3 is 9.67 Å². The minimum absolute atomic E-state index is 0.149. The number of carboxylic acids is 1. The van der Waals surface area contributed by atoms with Gasteiger partial charge in [-0.15, -0.1) is 6.42 Å². The maximum absolute atomic E-state index is 11.3. The number of hydrogen-bond acceptors (Lipinski definition) is 1. The van der Waals surface area contributed by atoms with Gasteiger partial charge in [-0.25, -0.2) is 4.79 Å². The number of fused-ring (bicyclic) bond motifs is 4. The van der Waals surface area contributed by atoms with Crippen molar-refractivity contribution in [2.45, 2.75) is 70.8 Å². The summed E-state index contributed by atoms with van der Waals surface area (Å²) in [5, 5.41) is 9.27. The second-order valence-electron chi connectivity index (χ2n) is 10.9. The van der Waals surface area contributed by atoms with Crippen molar-refractivity contribution in [3.8, 4) is 34.7 Å². The second kappa shape index (κ2) is 7.39. The van der Waals surface area contributed by atoms with Crippen molar-refractivity contribution in [2.24, 2.45) is 0 Å². The molecule has 3 nitrogen and oxygen atoms in total. The van der Waals surface area contributed by atoms with Crippen molar-refractivity contribution in [3.63, 3.8) is 0 Å². The number of nitrogens with zero attached hydrogens (tertiary/aromatic N) is 1. The Labute approximate surface area is 196 Å². The fourth-order valence-electron chi connectivity index (χ4n) is 5.78. The van der Waals surface area contributed by atoms with Gasteiger partial charge in [-0.1, -0.05) is 51.8 Å². The summed E-state index contributed by atoms with van der Waals surface area (Å²) in [5.41, 5.74) is 11.1. The molecule has 0 aliphatic heterocycles. The maximum atomic E-state index is 11.3. The van der Waals surface area contributed by atoms with E-state index < -0.39 is 5.97 Å². The van der Waals surface area contributed by atoms with Crippen molar-refractivity contribution < 1.29 is 9.90 Å². The van der Waals surface area contributed by atoms with Gasteiger partial charge in [0.05, 0.1) is 17.8 Å². The first-order chi connectivity index (χ1) is 15.6. The monoisotopic (exact) mass is 437 g/mol. The molecule has 0 radical (unpaired) electrons. The van der Waals surface area contributed by atoms with E-state index in [1.165, 1.54) is 46.4 Å². The molecule has 3 heteroatoms. The second-order valence-corrected chi connectivity index (χ2v) is 10.9. The fraction of sp³-hybridized carbons (Fsp3) is 0.367. The van der Waals surface area contributed by atoms with Crippen LogP contribution in [-0.2, 0) is 30.2 Å². The number of aryl methyl sites for hydroxylation is 1. The normalized spacial score (nSPS) is 17.4. The van der Waals surface area contributed by atoms with Crippen LogP contribution in [0.25, 0.3) is 22.4 Å². The molecule has 0 amide bonds. The molecule has 33 heavy (non-hydrogen) atoms. The van der Waals surface area contributed by atoms with Crippen molar-refractivity contribution >= 4 is 5.97 Å². The summed E-state index contributed by atoms with van der Waals surface area (Å²) in [6.45, 7) is 10.0. The summed E-state index contributed by atoms with van der Waals surface area (Å²) >= 11 is 0. The summed E-state index contributed by atoms with van der Waals surface area (Å²) in [4.78, 5) is 11.3. The maximum Gasteiger partial charge on any atom is 0.335 e. The van der Waals surface area contributed by atoms with Gasteiger partial charge in [0, 0.05) is 17.3 Å². The highest BCUT2D eigenvalue weighted by atomic mass is 16.4. The average molecular weight is 438 g/mol. The number of carboxylic acid groups (broad SMARTS) is 1.